The van der Waals surface area contributed by atoms with E-state index in [2.05, 4.69) is 31.3 Å². The van der Waals surface area contributed by atoms with Crippen LogP contribution in [0.1, 0.15) is 328 Å². The van der Waals surface area contributed by atoms with Crippen molar-refractivity contribution in [3.05, 3.63) is 12.2 Å². The van der Waals surface area contributed by atoms with Gasteiger partial charge in [0.1, 0.15) is 13.2 Å². The van der Waals surface area contributed by atoms with Crippen molar-refractivity contribution in [3.8, 4) is 0 Å². The fraction of sp³-hybridized carbons (Fsp3) is 0.952. The number of nitrogens with zero attached hydrogens (tertiary/aromatic N) is 1. The first-order valence-electron chi connectivity index (χ1n) is 31.5. The molecular weight excluding hydrogens is 900 g/mol. The van der Waals surface area contributed by atoms with Gasteiger partial charge in [0.05, 0.1) is 39.9 Å². The van der Waals surface area contributed by atoms with Crippen molar-refractivity contribution in [2.24, 2.45) is 0 Å². The molecule has 0 spiro atoms. The lowest BCUT2D eigenvalue weighted by Gasteiger charge is -2.30. The summed E-state index contributed by atoms with van der Waals surface area (Å²) in [6.07, 6.45) is 66.9. The number of quaternary nitrogens is 1. The molecule has 2 N–H and O–H groups in total. The highest BCUT2D eigenvalue weighted by Crippen LogP contribution is 2.38. The van der Waals surface area contributed by atoms with Crippen molar-refractivity contribution >= 4 is 13.7 Å². The van der Waals surface area contributed by atoms with E-state index in [-0.39, 0.29) is 19.1 Å². The molecule has 0 rings (SSSR count). The molecule has 0 aliphatic carbocycles. The number of carbonyl (C=O) groups excluding carboxylic acids is 1. The van der Waals surface area contributed by atoms with Crippen LogP contribution in [0, 0.1) is 0 Å². The number of hydrogen-bond donors (Lipinski definition) is 2. The van der Waals surface area contributed by atoms with Crippen LogP contribution in [-0.4, -0.2) is 68.5 Å². The summed E-state index contributed by atoms with van der Waals surface area (Å²) in [6, 6.07) is -0.799. The molecule has 0 aromatic rings. The summed E-state index contributed by atoms with van der Waals surface area (Å²) in [4.78, 5) is 25.6. The highest BCUT2D eigenvalue weighted by Gasteiger charge is 2.24. The first-order chi connectivity index (χ1) is 34.5. The third kappa shape index (κ3) is 56.8. The zero-order valence-corrected chi connectivity index (χ0v) is 49.4. The summed E-state index contributed by atoms with van der Waals surface area (Å²) in [5, 5.41) is 14.1. The second kappa shape index (κ2) is 54.0. The number of hydrogen-bond acceptors (Lipinski definition) is 6. The van der Waals surface area contributed by atoms with Gasteiger partial charge in [-0.25, -0.2) is 0 Å². The van der Waals surface area contributed by atoms with Crippen LogP contribution in [0.15, 0.2) is 12.2 Å². The number of allylic oxidation sites excluding steroid dienone is 2. The molecule has 0 aromatic heterocycles. The molecule has 0 aromatic carbocycles. The summed E-state index contributed by atoms with van der Waals surface area (Å²) in [5.74, 6) is -0.159. The maximum atomic E-state index is 13.0. The first kappa shape index (κ1) is 70.2. The van der Waals surface area contributed by atoms with E-state index in [0.29, 0.717) is 23.9 Å². The number of unbranched alkanes of at least 4 members (excludes halogenated alkanes) is 44. The maximum Gasteiger partial charge on any atom is 0.268 e. The SMILES string of the molecule is CCCCCCCCCCCCCC/C=C\CCCCCCCCCCCCCC(=O)NC(COP(=O)([O-])OCC[N+](C)(C)C)C(O)CCCCCCCCCCCCCCCCCCCCCCCC. The van der Waals surface area contributed by atoms with E-state index in [1.807, 2.05) is 21.1 Å². The van der Waals surface area contributed by atoms with Crippen molar-refractivity contribution in [3.63, 3.8) is 0 Å². The second-order valence-electron chi connectivity index (χ2n) is 23.1. The third-order valence-electron chi connectivity index (χ3n) is 14.8. The summed E-state index contributed by atoms with van der Waals surface area (Å²) >= 11 is 0. The molecule has 0 aliphatic rings. The number of phosphoric acid groups is 1. The molecule has 8 nitrogen and oxygen atoms in total. The Morgan fingerprint density at radius 3 is 1.10 bits per heavy atom. The van der Waals surface area contributed by atoms with Gasteiger partial charge < -0.3 is 28.8 Å². The van der Waals surface area contributed by atoms with Gasteiger partial charge in [-0.05, 0) is 38.5 Å². The number of phosphoric ester groups is 1. The maximum absolute atomic E-state index is 13.0. The summed E-state index contributed by atoms with van der Waals surface area (Å²) < 4.78 is 23.5. The molecule has 9 heteroatoms. The Morgan fingerprint density at radius 2 is 0.775 bits per heavy atom. The molecule has 0 bridgehead atoms. The van der Waals surface area contributed by atoms with Crippen LogP contribution in [0.4, 0.5) is 0 Å². The smallest absolute Gasteiger partial charge is 0.268 e. The molecule has 1 amide bonds. The van der Waals surface area contributed by atoms with Gasteiger partial charge in [-0.2, -0.15) is 0 Å². The molecule has 0 saturated heterocycles. The largest absolute Gasteiger partial charge is 0.756 e. The minimum atomic E-state index is -4.57. The lowest BCUT2D eigenvalue weighted by molar-refractivity contribution is -0.870. The Bertz CT molecular complexity index is 1160. The molecule has 3 atom stereocenters. The number of aliphatic hydroxyl groups excluding tert-OH is 1. The molecule has 0 aliphatic heterocycles. The van der Waals surface area contributed by atoms with Crippen molar-refractivity contribution in [1.29, 1.82) is 0 Å². The van der Waals surface area contributed by atoms with Crippen molar-refractivity contribution in [2.45, 2.75) is 341 Å². The van der Waals surface area contributed by atoms with Gasteiger partial charge in [0.25, 0.3) is 7.82 Å². The van der Waals surface area contributed by atoms with Crippen molar-refractivity contribution < 1.29 is 32.9 Å². The average molecular weight is 1030 g/mol. The van der Waals surface area contributed by atoms with E-state index in [1.165, 1.54) is 263 Å². The van der Waals surface area contributed by atoms with Crippen LogP contribution in [-0.2, 0) is 18.4 Å². The number of amides is 1. The predicted octanol–water partition coefficient (Wildman–Crippen LogP) is 18.8. The predicted molar refractivity (Wildman–Crippen MR) is 307 cm³/mol. The molecule has 0 heterocycles. The number of carbonyl (C=O) groups is 1. The van der Waals surface area contributed by atoms with Crippen LogP contribution < -0.4 is 10.2 Å². The van der Waals surface area contributed by atoms with Gasteiger partial charge in [0.2, 0.25) is 5.91 Å². The van der Waals surface area contributed by atoms with E-state index in [1.54, 1.807) is 0 Å². The Labute approximate surface area is 443 Å². The van der Waals surface area contributed by atoms with Crippen molar-refractivity contribution in [1.82, 2.24) is 5.32 Å². The topological polar surface area (TPSA) is 108 Å². The standard InChI is InChI=1S/C62H125N2O6P/c1-6-8-10-12-14-16-18-20-22-24-26-28-30-31-32-33-34-36-38-40-42-44-46-48-50-52-54-56-62(66)63-60(59-70-71(67,68)69-58-57-64(3,4)5)61(65)55-53-51-49-47-45-43-41-39-37-35-29-27-25-23-21-19-17-15-13-11-9-7-2/h31-32,60-61,65H,6-30,33-59H2,1-5H3,(H-,63,66,67,68)/b32-31-. The molecule has 424 valence electrons. The quantitative estimate of drug-likeness (QED) is 0.0272. The normalized spacial score (nSPS) is 13.8. The number of rotatable bonds is 59. The Kier molecular flexibility index (Phi) is 53.5. The number of likely N-dealkylation sites (N-methyl/N-ethyl adjacent to an activating group) is 1. The van der Waals surface area contributed by atoms with Crippen LogP contribution in [0.2, 0.25) is 0 Å². The molecule has 0 fully saturated rings. The molecular formula is C62H125N2O6P. The zero-order valence-electron chi connectivity index (χ0n) is 48.5. The lowest BCUT2D eigenvalue weighted by Crippen LogP contribution is -2.46. The van der Waals surface area contributed by atoms with Gasteiger partial charge in [0, 0.05) is 6.42 Å². The highest BCUT2D eigenvalue weighted by atomic mass is 31.2. The summed E-state index contributed by atoms with van der Waals surface area (Å²) in [7, 11) is 1.32. The average Bonchev–Trinajstić information content (AvgIpc) is 3.33. The van der Waals surface area contributed by atoms with Crippen LogP contribution in [0.3, 0.4) is 0 Å². The minimum Gasteiger partial charge on any atom is -0.756 e. The van der Waals surface area contributed by atoms with E-state index < -0.39 is 20.0 Å². The summed E-state index contributed by atoms with van der Waals surface area (Å²) in [6.45, 7) is 4.78. The fourth-order valence-electron chi connectivity index (χ4n) is 9.80. The van der Waals surface area contributed by atoms with Gasteiger partial charge in [-0.15, -0.1) is 0 Å². The van der Waals surface area contributed by atoms with Gasteiger partial charge >= 0.3 is 0 Å². The van der Waals surface area contributed by atoms with Gasteiger partial charge in [-0.1, -0.05) is 296 Å². The van der Waals surface area contributed by atoms with Gasteiger partial charge in [0.15, 0.2) is 0 Å². The monoisotopic (exact) mass is 1020 g/mol. The molecule has 0 saturated carbocycles. The molecule has 3 unspecified atom stereocenters. The fourth-order valence-corrected chi connectivity index (χ4v) is 10.5. The Morgan fingerprint density at radius 1 is 0.479 bits per heavy atom. The van der Waals surface area contributed by atoms with Crippen LogP contribution in [0.5, 0.6) is 0 Å². The lowest BCUT2D eigenvalue weighted by atomic mass is 10.0. The summed E-state index contributed by atoms with van der Waals surface area (Å²) in [5.41, 5.74) is 0. The molecule has 0 radical (unpaired) electrons. The Hall–Kier alpha value is -0.760. The number of nitrogens with one attached hydrogen (secondary N) is 1. The van der Waals surface area contributed by atoms with Crippen LogP contribution >= 0.6 is 7.82 Å². The van der Waals surface area contributed by atoms with Crippen LogP contribution in [0.25, 0.3) is 0 Å². The Balaban J connectivity index is 4.08. The first-order valence-corrected chi connectivity index (χ1v) is 33.0. The number of aliphatic hydroxyl groups is 1. The second-order valence-corrected chi connectivity index (χ2v) is 24.5. The van der Waals surface area contributed by atoms with E-state index in [0.717, 1.165) is 38.5 Å². The van der Waals surface area contributed by atoms with Crippen molar-refractivity contribution in [2.75, 3.05) is 40.9 Å². The highest BCUT2D eigenvalue weighted by molar-refractivity contribution is 7.45. The third-order valence-corrected chi connectivity index (χ3v) is 15.7. The van der Waals surface area contributed by atoms with E-state index >= 15 is 0 Å². The zero-order chi connectivity index (χ0) is 52.0. The minimum absolute atomic E-state index is 0.0149. The van der Waals surface area contributed by atoms with E-state index in [9.17, 15) is 19.4 Å². The van der Waals surface area contributed by atoms with E-state index in [4.69, 9.17) is 9.05 Å². The molecule has 71 heavy (non-hydrogen) atoms. The van der Waals surface area contributed by atoms with Gasteiger partial charge in [-0.3, -0.25) is 9.36 Å².